The number of nitrogens with zero attached hydrogens (tertiary/aromatic N) is 4. The second-order valence-corrected chi connectivity index (χ2v) is 6.12. The summed E-state index contributed by atoms with van der Waals surface area (Å²) in [6.45, 7) is 4.11. The van der Waals surface area contributed by atoms with Gasteiger partial charge in [0.25, 0.3) is 0 Å². The first kappa shape index (κ1) is 16.7. The van der Waals surface area contributed by atoms with E-state index in [9.17, 15) is 0 Å². The maximum atomic E-state index is 4.50. The molecule has 2 N–H and O–H groups in total. The molecule has 0 bridgehead atoms. The molecule has 0 saturated heterocycles. The fraction of sp³-hybridized carbons (Fsp3) is 0.211. The van der Waals surface area contributed by atoms with E-state index in [2.05, 4.69) is 56.7 Å². The van der Waals surface area contributed by atoms with Crippen molar-refractivity contribution in [2.45, 2.75) is 13.8 Å². The average molecular weight is 334 g/mol. The van der Waals surface area contributed by atoms with Crippen molar-refractivity contribution in [1.82, 2.24) is 15.2 Å². The average Bonchev–Trinajstić information content (AvgIpc) is 2.59. The molecule has 0 spiro atoms. The van der Waals surface area contributed by atoms with Crippen molar-refractivity contribution in [3.63, 3.8) is 0 Å². The number of hydrogen-bond donors (Lipinski definition) is 2. The van der Waals surface area contributed by atoms with Crippen LogP contribution in [-0.4, -0.2) is 29.3 Å². The molecule has 0 fully saturated rings. The Labute approximate surface area is 147 Å². The van der Waals surface area contributed by atoms with Crippen molar-refractivity contribution in [3.05, 3.63) is 59.8 Å². The minimum atomic E-state index is 0.465. The summed E-state index contributed by atoms with van der Waals surface area (Å²) in [6.07, 6.45) is 1.61. The van der Waals surface area contributed by atoms with E-state index in [4.69, 9.17) is 0 Å². The minimum absolute atomic E-state index is 0.465. The zero-order valence-corrected chi connectivity index (χ0v) is 14.9. The van der Waals surface area contributed by atoms with Gasteiger partial charge in [-0.15, -0.1) is 5.10 Å². The lowest BCUT2D eigenvalue weighted by Crippen LogP contribution is -2.08. The van der Waals surface area contributed by atoms with Crippen LogP contribution in [0.25, 0.3) is 0 Å². The van der Waals surface area contributed by atoms with Gasteiger partial charge in [-0.1, -0.05) is 18.2 Å². The van der Waals surface area contributed by atoms with Gasteiger partial charge in [0.1, 0.15) is 0 Å². The van der Waals surface area contributed by atoms with Gasteiger partial charge in [0.15, 0.2) is 5.82 Å². The second kappa shape index (κ2) is 7.17. The molecule has 1 aromatic heterocycles. The predicted molar refractivity (Wildman–Crippen MR) is 103 cm³/mol. The fourth-order valence-electron chi connectivity index (χ4n) is 2.53. The van der Waals surface area contributed by atoms with Crippen molar-refractivity contribution in [2.24, 2.45) is 0 Å². The third kappa shape index (κ3) is 4.03. The van der Waals surface area contributed by atoms with Crippen molar-refractivity contribution in [2.75, 3.05) is 29.6 Å². The molecule has 0 atom stereocenters. The third-order valence-corrected chi connectivity index (χ3v) is 3.93. The number of aryl methyl sites for hydroxylation is 2. The monoisotopic (exact) mass is 334 g/mol. The number of rotatable bonds is 5. The van der Waals surface area contributed by atoms with E-state index < -0.39 is 0 Å². The van der Waals surface area contributed by atoms with E-state index in [1.165, 1.54) is 0 Å². The summed E-state index contributed by atoms with van der Waals surface area (Å²) >= 11 is 0. The first-order chi connectivity index (χ1) is 12.0. The van der Waals surface area contributed by atoms with Gasteiger partial charge in [0, 0.05) is 31.2 Å². The Morgan fingerprint density at radius 3 is 2.20 bits per heavy atom. The van der Waals surface area contributed by atoms with Gasteiger partial charge in [0.05, 0.1) is 6.20 Å². The largest absolute Gasteiger partial charge is 0.378 e. The summed E-state index contributed by atoms with van der Waals surface area (Å²) in [4.78, 5) is 6.55. The number of para-hydroxylation sites is 1. The summed E-state index contributed by atoms with van der Waals surface area (Å²) in [7, 11) is 4.03. The van der Waals surface area contributed by atoms with Gasteiger partial charge in [-0.25, -0.2) is 0 Å². The van der Waals surface area contributed by atoms with Gasteiger partial charge >= 0.3 is 0 Å². The number of anilines is 5. The van der Waals surface area contributed by atoms with Crippen LogP contribution in [0.2, 0.25) is 0 Å². The van der Waals surface area contributed by atoms with Crippen LogP contribution in [0, 0.1) is 13.8 Å². The molecule has 0 unspecified atom stereocenters. The van der Waals surface area contributed by atoms with Crippen molar-refractivity contribution in [1.29, 1.82) is 0 Å². The molecule has 0 saturated carbocycles. The highest BCUT2D eigenvalue weighted by atomic mass is 15.3. The SMILES string of the molecule is Cc1cccc(C)c1Nc1nncc(Nc2ccc(N(C)C)cc2)n1. The van der Waals surface area contributed by atoms with E-state index >= 15 is 0 Å². The summed E-state index contributed by atoms with van der Waals surface area (Å²) < 4.78 is 0. The van der Waals surface area contributed by atoms with Gasteiger partial charge < -0.3 is 15.5 Å². The highest BCUT2D eigenvalue weighted by Crippen LogP contribution is 2.23. The molecule has 6 nitrogen and oxygen atoms in total. The second-order valence-electron chi connectivity index (χ2n) is 6.12. The van der Waals surface area contributed by atoms with E-state index in [1.54, 1.807) is 6.20 Å². The molecule has 6 heteroatoms. The Balaban J connectivity index is 1.77. The van der Waals surface area contributed by atoms with Gasteiger partial charge in [-0.05, 0) is 49.2 Å². The normalized spacial score (nSPS) is 10.4. The molecule has 0 amide bonds. The summed E-state index contributed by atoms with van der Waals surface area (Å²) in [5.74, 6) is 1.11. The Kier molecular flexibility index (Phi) is 4.79. The Morgan fingerprint density at radius 1 is 0.880 bits per heavy atom. The summed E-state index contributed by atoms with van der Waals surface area (Å²) in [5.41, 5.74) is 5.38. The molecule has 2 aromatic carbocycles. The van der Waals surface area contributed by atoms with E-state index in [1.807, 2.05) is 44.4 Å². The Hall–Kier alpha value is -3.15. The Bertz CT molecular complexity index is 838. The van der Waals surface area contributed by atoms with Crippen LogP contribution in [0.3, 0.4) is 0 Å². The lowest BCUT2D eigenvalue weighted by atomic mass is 10.1. The number of nitrogens with one attached hydrogen (secondary N) is 2. The molecule has 1 heterocycles. The molecule has 128 valence electrons. The fourth-order valence-corrected chi connectivity index (χ4v) is 2.53. The molecular formula is C19H22N6. The quantitative estimate of drug-likeness (QED) is 0.734. The molecular weight excluding hydrogens is 312 g/mol. The van der Waals surface area contributed by atoms with E-state index in [0.29, 0.717) is 11.8 Å². The third-order valence-electron chi connectivity index (χ3n) is 3.93. The van der Waals surface area contributed by atoms with Crippen LogP contribution in [0.15, 0.2) is 48.7 Å². The standard InChI is InChI=1S/C19H22N6/c1-13-6-5-7-14(2)18(13)23-19-22-17(12-20-24-19)21-15-8-10-16(11-9-15)25(3)4/h5-12H,1-4H3,(H2,21,22,23,24). The molecule has 0 aliphatic carbocycles. The molecule has 3 aromatic rings. The first-order valence-corrected chi connectivity index (χ1v) is 8.10. The molecule has 0 radical (unpaired) electrons. The molecule has 3 rings (SSSR count). The number of aromatic nitrogens is 3. The van der Waals surface area contributed by atoms with Gasteiger partial charge in [-0.2, -0.15) is 10.1 Å². The van der Waals surface area contributed by atoms with Crippen LogP contribution in [0.5, 0.6) is 0 Å². The smallest absolute Gasteiger partial charge is 0.249 e. The van der Waals surface area contributed by atoms with Gasteiger partial charge in [-0.3, -0.25) is 0 Å². The summed E-state index contributed by atoms with van der Waals surface area (Å²) in [6, 6.07) is 14.3. The van der Waals surface area contributed by atoms with Crippen molar-refractivity contribution < 1.29 is 0 Å². The highest BCUT2D eigenvalue weighted by molar-refractivity contribution is 5.64. The first-order valence-electron chi connectivity index (χ1n) is 8.10. The number of hydrogen-bond acceptors (Lipinski definition) is 6. The van der Waals surface area contributed by atoms with Crippen LogP contribution >= 0.6 is 0 Å². The van der Waals surface area contributed by atoms with Crippen molar-refractivity contribution in [3.8, 4) is 0 Å². The Morgan fingerprint density at radius 2 is 1.56 bits per heavy atom. The summed E-state index contributed by atoms with van der Waals surface area (Å²) in [5, 5.41) is 14.6. The maximum absolute atomic E-state index is 4.50. The zero-order chi connectivity index (χ0) is 17.8. The van der Waals surface area contributed by atoms with Gasteiger partial charge in [0.2, 0.25) is 5.95 Å². The van der Waals surface area contributed by atoms with Crippen LogP contribution in [0.1, 0.15) is 11.1 Å². The topological polar surface area (TPSA) is 66.0 Å². The highest BCUT2D eigenvalue weighted by Gasteiger charge is 2.06. The maximum Gasteiger partial charge on any atom is 0.249 e. The number of benzene rings is 2. The predicted octanol–water partition coefficient (Wildman–Crippen LogP) is 4.04. The van der Waals surface area contributed by atoms with E-state index in [-0.39, 0.29) is 0 Å². The van der Waals surface area contributed by atoms with Crippen LogP contribution in [0.4, 0.5) is 28.8 Å². The molecule has 0 aliphatic heterocycles. The van der Waals surface area contributed by atoms with Crippen LogP contribution < -0.4 is 15.5 Å². The van der Waals surface area contributed by atoms with Crippen molar-refractivity contribution >= 4 is 28.8 Å². The lowest BCUT2D eigenvalue weighted by molar-refractivity contribution is 0.981. The molecule has 25 heavy (non-hydrogen) atoms. The zero-order valence-electron chi connectivity index (χ0n) is 14.9. The molecule has 0 aliphatic rings. The lowest BCUT2D eigenvalue weighted by Gasteiger charge is -2.14. The minimum Gasteiger partial charge on any atom is -0.378 e. The van der Waals surface area contributed by atoms with E-state index in [0.717, 1.165) is 28.2 Å². The van der Waals surface area contributed by atoms with Crippen LogP contribution in [-0.2, 0) is 0 Å².